The lowest BCUT2D eigenvalue weighted by Crippen LogP contribution is -2.38. The van der Waals surface area contributed by atoms with Gasteiger partial charge in [0, 0.05) is 12.0 Å². The van der Waals surface area contributed by atoms with E-state index in [0.717, 1.165) is 50.2 Å². The van der Waals surface area contributed by atoms with Crippen LogP contribution in [0.5, 0.6) is 0 Å². The van der Waals surface area contributed by atoms with Crippen molar-refractivity contribution in [2.24, 2.45) is 5.92 Å². The summed E-state index contributed by atoms with van der Waals surface area (Å²) in [5.41, 5.74) is -0.0753. The normalized spacial score (nSPS) is 20.1. The third-order valence-corrected chi connectivity index (χ3v) is 3.93. The van der Waals surface area contributed by atoms with E-state index in [4.69, 9.17) is 4.52 Å². The topological polar surface area (TPSA) is 54.2 Å². The second-order valence-electron chi connectivity index (χ2n) is 7.21. The summed E-state index contributed by atoms with van der Waals surface area (Å²) in [5, 5.41) is 7.65. The van der Waals surface area contributed by atoms with Crippen molar-refractivity contribution in [3.8, 4) is 0 Å². The minimum absolute atomic E-state index is 0.0753. The Balaban J connectivity index is 1.93. The quantitative estimate of drug-likeness (QED) is 0.874. The highest BCUT2D eigenvalue weighted by atomic mass is 16.5. The molecule has 1 aromatic heterocycles. The van der Waals surface area contributed by atoms with Crippen LogP contribution in [0.4, 0.5) is 0 Å². The second-order valence-corrected chi connectivity index (χ2v) is 7.21. The summed E-state index contributed by atoms with van der Waals surface area (Å²) in [6.45, 7) is 13.8. The minimum atomic E-state index is -0.0753. The van der Waals surface area contributed by atoms with E-state index in [2.05, 4.69) is 48.1 Å². The number of hydrogen-bond acceptors (Lipinski definition) is 5. The molecule has 2 heterocycles. The standard InChI is InChI=1S/C16H30N4O/c1-5-9-20(11-13-7-6-8-17-10-13)12-14-18-15(21-19-14)16(2,3)4/h13,17H,5-12H2,1-4H3. The fraction of sp³-hybridized carbons (Fsp3) is 0.875. The van der Waals surface area contributed by atoms with Gasteiger partial charge >= 0.3 is 0 Å². The van der Waals surface area contributed by atoms with Gasteiger partial charge in [-0.15, -0.1) is 0 Å². The van der Waals surface area contributed by atoms with Gasteiger partial charge in [-0.1, -0.05) is 32.9 Å². The zero-order valence-corrected chi connectivity index (χ0v) is 14.0. The Hall–Kier alpha value is -0.940. The van der Waals surface area contributed by atoms with E-state index in [1.165, 1.54) is 19.4 Å². The largest absolute Gasteiger partial charge is 0.339 e. The lowest BCUT2D eigenvalue weighted by molar-refractivity contribution is 0.195. The van der Waals surface area contributed by atoms with Crippen molar-refractivity contribution in [1.82, 2.24) is 20.4 Å². The maximum Gasteiger partial charge on any atom is 0.232 e. The van der Waals surface area contributed by atoms with Crippen LogP contribution < -0.4 is 5.32 Å². The molecule has 1 N–H and O–H groups in total. The highest BCUT2D eigenvalue weighted by Crippen LogP contribution is 2.20. The molecule has 0 amide bonds. The van der Waals surface area contributed by atoms with Gasteiger partial charge in [0.15, 0.2) is 5.82 Å². The van der Waals surface area contributed by atoms with Gasteiger partial charge in [0.1, 0.15) is 0 Å². The molecule has 120 valence electrons. The Morgan fingerprint density at radius 2 is 2.19 bits per heavy atom. The molecule has 2 rings (SSSR count). The van der Waals surface area contributed by atoms with Crippen LogP contribution in [0.15, 0.2) is 4.52 Å². The number of piperidine rings is 1. The minimum Gasteiger partial charge on any atom is -0.339 e. The van der Waals surface area contributed by atoms with Crippen molar-refractivity contribution < 1.29 is 4.52 Å². The van der Waals surface area contributed by atoms with E-state index in [1.807, 2.05) is 0 Å². The molecule has 1 aromatic rings. The van der Waals surface area contributed by atoms with Crippen LogP contribution in [-0.2, 0) is 12.0 Å². The molecule has 5 heteroatoms. The molecule has 5 nitrogen and oxygen atoms in total. The van der Waals surface area contributed by atoms with E-state index < -0.39 is 0 Å². The van der Waals surface area contributed by atoms with Gasteiger partial charge < -0.3 is 9.84 Å². The van der Waals surface area contributed by atoms with Crippen LogP contribution in [0.2, 0.25) is 0 Å². The molecule has 0 aliphatic carbocycles. The fourth-order valence-corrected chi connectivity index (χ4v) is 2.82. The number of aromatic nitrogens is 2. The van der Waals surface area contributed by atoms with Crippen LogP contribution in [0, 0.1) is 5.92 Å². The Kier molecular flexibility index (Phi) is 5.76. The molecular weight excluding hydrogens is 264 g/mol. The summed E-state index contributed by atoms with van der Waals surface area (Å²) in [4.78, 5) is 7.03. The molecule has 21 heavy (non-hydrogen) atoms. The number of nitrogens with zero attached hydrogens (tertiary/aromatic N) is 3. The molecule has 0 bridgehead atoms. The van der Waals surface area contributed by atoms with Gasteiger partial charge in [0.2, 0.25) is 5.89 Å². The molecule has 1 fully saturated rings. The van der Waals surface area contributed by atoms with Gasteiger partial charge in [-0.3, -0.25) is 4.90 Å². The highest BCUT2D eigenvalue weighted by molar-refractivity contribution is 4.98. The maximum absolute atomic E-state index is 5.40. The summed E-state index contributed by atoms with van der Waals surface area (Å²) in [6, 6.07) is 0. The molecule has 0 spiro atoms. The first kappa shape index (κ1) is 16.4. The third-order valence-electron chi connectivity index (χ3n) is 3.93. The zero-order valence-electron chi connectivity index (χ0n) is 14.0. The Morgan fingerprint density at radius 3 is 2.76 bits per heavy atom. The molecule has 0 radical (unpaired) electrons. The summed E-state index contributed by atoms with van der Waals surface area (Å²) in [7, 11) is 0. The van der Waals surface area contributed by atoms with Crippen LogP contribution in [0.1, 0.15) is 58.7 Å². The number of nitrogens with one attached hydrogen (secondary N) is 1. The average molecular weight is 294 g/mol. The van der Waals surface area contributed by atoms with Crippen molar-refractivity contribution in [2.75, 3.05) is 26.2 Å². The summed E-state index contributed by atoms with van der Waals surface area (Å²) >= 11 is 0. The maximum atomic E-state index is 5.40. The second kappa shape index (κ2) is 7.36. The number of rotatable bonds is 6. The Labute approximate surface area is 128 Å². The van der Waals surface area contributed by atoms with E-state index in [1.54, 1.807) is 0 Å². The summed E-state index contributed by atoms with van der Waals surface area (Å²) < 4.78 is 5.40. The smallest absolute Gasteiger partial charge is 0.232 e. The van der Waals surface area contributed by atoms with Crippen LogP contribution in [-0.4, -0.2) is 41.2 Å². The van der Waals surface area contributed by atoms with Gasteiger partial charge in [0.25, 0.3) is 0 Å². The molecule has 0 saturated carbocycles. The van der Waals surface area contributed by atoms with Crippen molar-refractivity contribution in [3.63, 3.8) is 0 Å². The van der Waals surface area contributed by atoms with Crippen molar-refractivity contribution in [3.05, 3.63) is 11.7 Å². The molecule has 1 aliphatic rings. The van der Waals surface area contributed by atoms with E-state index in [9.17, 15) is 0 Å². The van der Waals surface area contributed by atoms with Crippen molar-refractivity contribution in [1.29, 1.82) is 0 Å². The molecule has 0 aromatic carbocycles. The molecule has 1 atom stereocenters. The first-order valence-corrected chi connectivity index (χ1v) is 8.25. The lowest BCUT2D eigenvalue weighted by Gasteiger charge is -2.29. The van der Waals surface area contributed by atoms with Gasteiger partial charge in [-0.2, -0.15) is 4.98 Å². The fourth-order valence-electron chi connectivity index (χ4n) is 2.82. The van der Waals surface area contributed by atoms with E-state index >= 15 is 0 Å². The van der Waals surface area contributed by atoms with E-state index in [0.29, 0.717) is 0 Å². The van der Waals surface area contributed by atoms with Crippen molar-refractivity contribution in [2.45, 2.75) is 58.9 Å². The first-order valence-electron chi connectivity index (χ1n) is 8.25. The molecule has 1 unspecified atom stereocenters. The van der Waals surface area contributed by atoms with Crippen LogP contribution in [0.3, 0.4) is 0 Å². The van der Waals surface area contributed by atoms with Crippen LogP contribution >= 0.6 is 0 Å². The van der Waals surface area contributed by atoms with E-state index in [-0.39, 0.29) is 5.41 Å². The SMILES string of the molecule is CCCN(Cc1noc(C(C)(C)C)n1)CC1CCCNC1. The first-order chi connectivity index (χ1) is 9.99. The summed E-state index contributed by atoms with van der Waals surface area (Å²) in [5.74, 6) is 2.30. The van der Waals surface area contributed by atoms with Gasteiger partial charge in [-0.05, 0) is 44.8 Å². The lowest BCUT2D eigenvalue weighted by atomic mass is 9.97. The van der Waals surface area contributed by atoms with Gasteiger partial charge in [0.05, 0.1) is 6.54 Å². The average Bonchev–Trinajstić information content (AvgIpc) is 2.89. The van der Waals surface area contributed by atoms with Gasteiger partial charge in [-0.25, -0.2) is 0 Å². The molecule has 1 aliphatic heterocycles. The predicted molar refractivity (Wildman–Crippen MR) is 84.2 cm³/mol. The predicted octanol–water partition coefficient (Wildman–Crippen LogP) is 2.58. The zero-order chi connectivity index (χ0) is 15.3. The highest BCUT2D eigenvalue weighted by Gasteiger charge is 2.23. The van der Waals surface area contributed by atoms with Crippen molar-refractivity contribution >= 4 is 0 Å². The Bertz CT molecular complexity index is 418. The third kappa shape index (κ3) is 5.08. The number of hydrogen-bond donors (Lipinski definition) is 1. The molecular formula is C16H30N4O. The monoisotopic (exact) mass is 294 g/mol. The molecule has 1 saturated heterocycles. The summed E-state index contributed by atoms with van der Waals surface area (Å²) in [6.07, 6.45) is 3.78. The Morgan fingerprint density at radius 1 is 1.38 bits per heavy atom. The van der Waals surface area contributed by atoms with Crippen LogP contribution in [0.25, 0.3) is 0 Å².